The van der Waals surface area contributed by atoms with Gasteiger partial charge in [-0.25, -0.2) is 9.78 Å². The van der Waals surface area contributed by atoms with Crippen LogP contribution in [0.5, 0.6) is 0 Å². The molecule has 0 atom stereocenters. The number of ether oxygens (including phenoxy) is 1. The van der Waals surface area contributed by atoms with Crippen LogP contribution in [0.2, 0.25) is 0 Å². The van der Waals surface area contributed by atoms with Crippen LogP contribution in [-0.4, -0.2) is 37.5 Å². The average Bonchev–Trinajstić information content (AvgIpc) is 3.41. The molecule has 0 radical (unpaired) electrons. The highest BCUT2D eigenvalue weighted by Gasteiger charge is 2.36. The molecule has 1 amide bonds. The molecule has 2 aromatic heterocycles. The first-order valence-corrected chi connectivity index (χ1v) is 10.7. The van der Waals surface area contributed by atoms with Crippen LogP contribution in [0, 0.1) is 0 Å². The van der Waals surface area contributed by atoms with Gasteiger partial charge >= 0.3 is 6.09 Å². The van der Waals surface area contributed by atoms with E-state index in [2.05, 4.69) is 21.2 Å². The topological polar surface area (TPSA) is 81.9 Å². The summed E-state index contributed by atoms with van der Waals surface area (Å²) < 4.78 is 7.42. The third kappa shape index (κ3) is 3.88. The van der Waals surface area contributed by atoms with Gasteiger partial charge in [-0.1, -0.05) is 12.1 Å². The van der Waals surface area contributed by atoms with Crippen molar-refractivity contribution < 1.29 is 9.53 Å². The number of carbonyl (C=O) groups excluding carboxylic acids is 1. The second-order valence-corrected chi connectivity index (χ2v) is 9.39. The molecule has 0 unspecified atom stereocenters. The predicted molar refractivity (Wildman–Crippen MR) is 114 cm³/mol. The Morgan fingerprint density at radius 3 is 2.60 bits per heavy atom. The van der Waals surface area contributed by atoms with Crippen LogP contribution in [0.1, 0.15) is 64.1 Å². The lowest BCUT2D eigenvalue weighted by Crippen LogP contribution is -2.46. The third-order valence-corrected chi connectivity index (χ3v) is 5.66. The van der Waals surface area contributed by atoms with Crippen LogP contribution in [-0.2, 0) is 4.74 Å². The second-order valence-electron chi connectivity index (χ2n) is 9.39. The van der Waals surface area contributed by atoms with E-state index < -0.39 is 5.60 Å². The maximum absolute atomic E-state index is 12.0. The summed E-state index contributed by atoms with van der Waals surface area (Å²) in [7, 11) is 0. The van der Waals surface area contributed by atoms with E-state index in [1.54, 1.807) is 0 Å². The molecule has 2 heterocycles. The van der Waals surface area contributed by atoms with E-state index in [-0.39, 0.29) is 18.2 Å². The quantitative estimate of drug-likeness (QED) is 0.686. The minimum Gasteiger partial charge on any atom is -0.444 e. The standard InChI is InChI=1S/C23H27N5O2/c1-23(2,3)30-22(29)25-15-10-16(11-15)28-13-17(21(27-28)14-8-9-14)20-12-24-18-6-4-5-7-19(18)26-20/h4-7,12-16H,8-11H2,1-3H3,(H,25,29). The number of carbonyl (C=O) groups is 1. The zero-order chi connectivity index (χ0) is 20.9. The Bertz CT molecular complexity index is 1090. The fourth-order valence-electron chi connectivity index (χ4n) is 3.93. The van der Waals surface area contributed by atoms with Gasteiger partial charge in [-0.05, 0) is 58.6 Å². The van der Waals surface area contributed by atoms with Crippen molar-refractivity contribution in [3.63, 3.8) is 0 Å². The highest BCUT2D eigenvalue weighted by atomic mass is 16.6. The molecule has 7 nitrogen and oxygen atoms in total. The molecule has 5 rings (SSSR count). The van der Waals surface area contributed by atoms with Gasteiger partial charge in [0.25, 0.3) is 0 Å². The Labute approximate surface area is 175 Å². The Hall–Kier alpha value is -2.96. The monoisotopic (exact) mass is 405 g/mol. The summed E-state index contributed by atoms with van der Waals surface area (Å²) in [6.45, 7) is 5.61. The van der Waals surface area contributed by atoms with E-state index in [0.29, 0.717) is 5.92 Å². The molecule has 2 aliphatic carbocycles. The first-order chi connectivity index (χ1) is 14.4. The number of nitrogens with one attached hydrogen (secondary N) is 1. The highest BCUT2D eigenvalue weighted by molar-refractivity contribution is 5.77. The van der Waals surface area contributed by atoms with Gasteiger partial charge < -0.3 is 10.1 Å². The van der Waals surface area contributed by atoms with Gasteiger partial charge in [0.15, 0.2) is 0 Å². The van der Waals surface area contributed by atoms with Crippen LogP contribution in [0.4, 0.5) is 4.79 Å². The predicted octanol–water partition coefficient (Wildman–Crippen LogP) is 4.60. The van der Waals surface area contributed by atoms with Gasteiger partial charge in [0, 0.05) is 23.7 Å². The normalized spacial score (nSPS) is 21.3. The third-order valence-electron chi connectivity index (χ3n) is 5.66. The maximum Gasteiger partial charge on any atom is 0.407 e. The van der Waals surface area contributed by atoms with Crippen LogP contribution >= 0.6 is 0 Å². The Morgan fingerprint density at radius 2 is 1.90 bits per heavy atom. The van der Waals surface area contributed by atoms with Crippen LogP contribution < -0.4 is 5.32 Å². The highest BCUT2D eigenvalue weighted by Crippen LogP contribution is 2.44. The summed E-state index contributed by atoms with van der Waals surface area (Å²) in [5.74, 6) is 0.519. The smallest absolute Gasteiger partial charge is 0.407 e. The molecule has 2 saturated carbocycles. The van der Waals surface area contributed by atoms with E-state index in [1.165, 1.54) is 12.8 Å². The van der Waals surface area contributed by atoms with Crippen molar-refractivity contribution >= 4 is 17.1 Å². The molecule has 3 aromatic rings. The van der Waals surface area contributed by atoms with Gasteiger partial charge in [-0.2, -0.15) is 5.10 Å². The van der Waals surface area contributed by atoms with E-state index in [9.17, 15) is 4.79 Å². The Kier molecular flexibility index (Phi) is 4.49. The van der Waals surface area contributed by atoms with Crippen molar-refractivity contribution in [3.8, 4) is 11.3 Å². The first kappa shape index (κ1) is 19.0. The Morgan fingerprint density at radius 1 is 1.17 bits per heavy atom. The summed E-state index contributed by atoms with van der Waals surface area (Å²) in [6, 6.07) is 8.34. The summed E-state index contributed by atoms with van der Waals surface area (Å²) in [5, 5.41) is 7.88. The molecule has 2 fully saturated rings. The molecule has 1 aromatic carbocycles. The number of amides is 1. The number of hydrogen-bond donors (Lipinski definition) is 1. The molecule has 0 saturated heterocycles. The number of alkyl carbamates (subject to hydrolysis) is 1. The molecule has 0 aliphatic heterocycles. The van der Waals surface area contributed by atoms with Crippen molar-refractivity contribution in [2.75, 3.05) is 0 Å². The largest absolute Gasteiger partial charge is 0.444 e. The lowest BCUT2D eigenvalue weighted by molar-refractivity contribution is 0.0452. The summed E-state index contributed by atoms with van der Waals surface area (Å²) in [6.07, 6.45) is 7.68. The van der Waals surface area contributed by atoms with Gasteiger partial charge in [0.1, 0.15) is 5.60 Å². The number of para-hydroxylation sites is 2. The van der Waals surface area contributed by atoms with Crippen molar-refractivity contribution in [2.24, 2.45) is 0 Å². The van der Waals surface area contributed by atoms with Crippen molar-refractivity contribution in [1.82, 2.24) is 25.1 Å². The fraction of sp³-hybridized carbons (Fsp3) is 0.478. The number of fused-ring (bicyclic) bond motifs is 1. The molecule has 156 valence electrons. The zero-order valence-corrected chi connectivity index (χ0v) is 17.6. The van der Waals surface area contributed by atoms with E-state index in [0.717, 1.165) is 40.8 Å². The SMILES string of the molecule is CC(C)(C)OC(=O)NC1CC(n2cc(-c3cnc4ccccc4n3)c(C3CC3)n2)C1. The molecular formula is C23H27N5O2. The summed E-state index contributed by atoms with van der Waals surface area (Å²) >= 11 is 0. The lowest BCUT2D eigenvalue weighted by Gasteiger charge is -2.36. The van der Waals surface area contributed by atoms with E-state index in [1.807, 2.05) is 51.2 Å². The first-order valence-electron chi connectivity index (χ1n) is 10.7. The number of benzene rings is 1. The van der Waals surface area contributed by atoms with E-state index in [4.69, 9.17) is 14.8 Å². The fourth-order valence-corrected chi connectivity index (χ4v) is 3.93. The average molecular weight is 406 g/mol. The van der Waals surface area contributed by atoms with Crippen molar-refractivity contribution in [3.05, 3.63) is 42.4 Å². The molecule has 0 bridgehead atoms. The molecular weight excluding hydrogens is 378 g/mol. The minimum atomic E-state index is -0.482. The number of aromatic nitrogens is 4. The minimum absolute atomic E-state index is 0.127. The number of rotatable bonds is 4. The maximum atomic E-state index is 12.0. The molecule has 7 heteroatoms. The number of hydrogen-bond acceptors (Lipinski definition) is 5. The van der Waals surface area contributed by atoms with Gasteiger partial charge in [0.05, 0.1) is 34.7 Å². The summed E-state index contributed by atoms with van der Waals surface area (Å²) in [4.78, 5) is 21.4. The van der Waals surface area contributed by atoms with Crippen LogP contribution in [0.3, 0.4) is 0 Å². The van der Waals surface area contributed by atoms with Crippen molar-refractivity contribution in [1.29, 1.82) is 0 Å². The zero-order valence-electron chi connectivity index (χ0n) is 17.6. The molecule has 2 aliphatic rings. The van der Waals surface area contributed by atoms with Gasteiger partial charge in [-0.3, -0.25) is 9.67 Å². The molecule has 1 N–H and O–H groups in total. The van der Waals surface area contributed by atoms with Gasteiger partial charge in [0.2, 0.25) is 0 Å². The number of nitrogens with zero attached hydrogens (tertiary/aromatic N) is 4. The van der Waals surface area contributed by atoms with Crippen LogP contribution in [0.15, 0.2) is 36.7 Å². The molecule has 30 heavy (non-hydrogen) atoms. The van der Waals surface area contributed by atoms with Crippen molar-refractivity contribution in [2.45, 2.75) is 70.1 Å². The Balaban J connectivity index is 1.32. The lowest BCUT2D eigenvalue weighted by atomic mass is 9.87. The van der Waals surface area contributed by atoms with Gasteiger partial charge in [-0.15, -0.1) is 0 Å². The van der Waals surface area contributed by atoms with E-state index >= 15 is 0 Å². The van der Waals surface area contributed by atoms with Crippen LogP contribution in [0.25, 0.3) is 22.3 Å². The second kappa shape index (κ2) is 7.07. The summed E-state index contributed by atoms with van der Waals surface area (Å²) in [5.41, 5.74) is 4.41. The molecule has 0 spiro atoms.